The van der Waals surface area contributed by atoms with Crippen LogP contribution in [0.5, 0.6) is 5.88 Å². The zero-order valence-electron chi connectivity index (χ0n) is 44.6. The van der Waals surface area contributed by atoms with Crippen molar-refractivity contribution in [2.75, 3.05) is 30.3 Å². The number of β-amino-alcohol motifs (C(OH)–C–C–N with tert-alkyl or cyclic N) is 1. The molecule has 9 rings (SSSR count). The Hall–Kier alpha value is -6.34. The van der Waals surface area contributed by atoms with Crippen LogP contribution in [0.4, 0.5) is 10.9 Å². The number of aryl methyl sites for hydroxylation is 2. The molecule has 6 aromatic rings. The smallest absolute Gasteiger partial charge is 0.253 e. The van der Waals surface area contributed by atoms with Crippen molar-refractivity contribution in [2.24, 2.45) is 17.8 Å². The predicted molar refractivity (Wildman–Crippen MR) is 290 cm³/mol. The fraction of sp³-hybridized carbons (Fsp3) is 0.564. The van der Waals surface area contributed by atoms with Crippen molar-refractivity contribution in [1.82, 2.24) is 50.3 Å². The van der Waals surface area contributed by atoms with Crippen LogP contribution >= 0.6 is 22.7 Å². The maximum absolute atomic E-state index is 14.4. The Bertz CT molecular complexity index is 3000. The maximum Gasteiger partial charge on any atom is 0.253 e. The molecule has 1 aromatic carbocycles. The molecule has 76 heavy (non-hydrogen) atoms. The second-order valence-corrected chi connectivity index (χ2v) is 23.8. The minimum atomic E-state index is -0.956. The number of nitriles is 1. The van der Waals surface area contributed by atoms with Crippen LogP contribution in [-0.2, 0) is 21.4 Å². The molecule has 0 radical (unpaired) electrons. The first kappa shape index (κ1) is 54.4. The van der Waals surface area contributed by atoms with Crippen LogP contribution < -0.4 is 20.7 Å². The third-order valence-corrected chi connectivity index (χ3v) is 17.7. The van der Waals surface area contributed by atoms with Crippen molar-refractivity contribution in [3.8, 4) is 33.9 Å². The third kappa shape index (κ3) is 11.5. The molecule has 2 fully saturated rings. The number of nitrogens with zero attached hydrogens (tertiary/aromatic N) is 11. The number of likely N-dealkylation sites (tertiary alicyclic amines) is 1. The molecule has 0 saturated carbocycles. The molecule has 2 unspecified atom stereocenters. The number of aliphatic hydroxyl groups excluding tert-OH is 2. The van der Waals surface area contributed by atoms with E-state index in [0.717, 1.165) is 103 Å². The summed E-state index contributed by atoms with van der Waals surface area (Å²) in [6.45, 7) is 15.1. The number of thiazole rings is 1. The van der Waals surface area contributed by atoms with E-state index in [9.17, 15) is 25.1 Å². The van der Waals surface area contributed by atoms with Gasteiger partial charge in [-0.05, 0) is 101 Å². The van der Waals surface area contributed by atoms with Gasteiger partial charge in [-0.2, -0.15) is 10.2 Å². The van der Waals surface area contributed by atoms with Gasteiger partial charge in [-0.25, -0.2) is 19.6 Å². The highest BCUT2D eigenvalue weighted by Crippen LogP contribution is 2.49. The van der Waals surface area contributed by atoms with Crippen molar-refractivity contribution in [2.45, 2.75) is 161 Å². The van der Waals surface area contributed by atoms with Crippen LogP contribution in [0.1, 0.15) is 151 Å². The standard InChI is InChI=1S/C55H71N13O6S2/c1-31(2)46(52(72)67-28-38(69)26-41(67)51(71)61-45(47(70)32(3)4)36-16-18-37(19-17-36)48-34(6)59-30-75-48)68-29-43(63-65-68)73-24-10-8-9-13-35-14-12-23-66(33(5)25-35)54-58-22-20-40(60-54)50-62-53(74-64-50)55(7)21-11-15-42-44(55)39(27-56)49(57)76-42/h16-20,22,29-33,35,38,41,45-47,69-70H,8-15,21,23-26,28,57H2,1-7H3,(H,61,71)/t33-,35?,38+,41-,45+,46?,47+,55-/m0/s1. The summed E-state index contributed by atoms with van der Waals surface area (Å²) in [5, 5.41) is 48.7. The van der Waals surface area contributed by atoms with Crippen LogP contribution in [0.3, 0.4) is 0 Å². The Kier molecular flexibility index (Phi) is 16.8. The molecule has 7 heterocycles. The minimum Gasteiger partial charge on any atom is -0.475 e. The van der Waals surface area contributed by atoms with E-state index in [1.54, 1.807) is 23.7 Å². The summed E-state index contributed by atoms with van der Waals surface area (Å²) < 4.78 is 13.5. The number of aromatic nitrogens is 8. The van der Waals surface area contributed by atoms with Crippen molar-refractivity contribution in [1.29, 1.82) is 5.26 Å². The summed E-state index contributed by atoms with van der Waals surface area (Å²) >= 11 is 3.03. The first-order valence-corrected chi connectivity index (χ1v) is 28.5. The van der Waals surface area contributed by atoms with E-state index in [1.165, 1.54) is 20.9 Å². The van der Waals surface area contributed by atoms with Gasteiger partial charge in [-0.1, -0.05) is 86.7 Å². The molecule has 5 aromatic heterocycles. The van der Waals surface area contributed by atoms with Gasteiger partial charge in [0.2, 0.25) is 29.5 Å². The van der Waals surface area contributed by atoms with Gasteiger partial charge >= 0.3 is 0 Å². The van der Waals surface area contributed by atoms with Crippen molar-refractivity contribution < 1.29 is 29.1 Å². The topological polar surface area (TPSA) is 260 Å². The van der Waals surface area contributed by atoms with Gasteiger partial charge in [0, 0.05) is 42.2 Å². The van der Waals surface area contributed by atoms with Gasteiger partial charge in [0.15, 0.2) is 0 Å². The van der Waals surface area contributed by atoms with Crippen molar-refractivity contribution in [3.05, 3.63) is 81.4 Å². The number of carbonyl (C=O) groups excluding carboxylic acids is 2. The average molecular weight is 1070 g/mol. The summed E-state index contributed by atoms with van der Waals surface area (Å²) in [6.07, 6.45) is 11.4. The maximum atomic E-state index is 14.4. The Labute approximate surface area is 452 Å². The molecule has 2 amide bonds. The number of anilines is 2. The molecule has 8 atom stereocenters. The van der Waals surface area contributed by atoms with Gasteiger partial charge in [0.05, 0.1) is 58.1 Å². The number of unbranched alkanes of at least 4 members (excludes halogenated alkanes) is 2. The van der Waals surface area contributed by atoms with Gasteiger partial charge in [-0.3, -0.25) is 9.59 Å². The molecule has 2 saturated heterocycles. The number of nitrogens with two attached hydrogens (primary N) is 1. The zero-order chi connectivity index (χ0) is 53.8. The molecule has 3 aliphatic rings. The lowest BCUT2D eigenvalue weighted by Crippen LogP contribution is -2.51. The SMILES string of the molecule is Cc1ncsc1-c1ccc([C@@H](NC(=O)[C@@H]2C[C@@H](O)CN2C(=O)C(C(C)C)n2cc(OCCCCCC3CCCN(c4nccc(-c5noc([C@@]6(C)CCCc7sc(N)c(C#N)c76)n5)n4)[C@@H](C)C3)nn2)[C@H](O)C(C)C)cc1. The predicted octanol–water partition coefficient (Wildman–Crippen LogP) is 8.38. The molecule has 0 spiro atoms. The Morgan fingerprint density at radius 2 is 1.87 bits per heavy atom. The summed E-state index contributed by atoms with van der Waals surface area (Å²) in [7, 11) is 0. The molecular formula is C55H71N13O6S2. The van der Waals surface area contributed by atoms with E-state index in [1.807, 2.05) is 70.5 Å². The highest BCUT2D eigenvalue weighted by Gasteiger charge is 2.45. The molecule has 19 nitrogen and oxygen atoms in total. The number of amides is 2. The number of aliphatic hydroxyl groups is 2. The fourth-order valence-electron chi connectivity index (χ4n) is 11.5. The Morgan fingerprint density at radius 1 is 1.07 bits per heavy atom. The summed E-state index contributed by atoms with van der Waals surface area (Å²) in [6, 6.07) is 9.58. The Balaban J connectivity index is 0.749. The molecule has 21 heteroatoms. The lowest BCUT2D eigenvalue weighted by Gasteiger charge is -2.32. The van der Waals surface area contributed by atoms with E-state index in [4.69, 9.17) is 25.0 Å². The van der Waals surface area contributed by atoms with E-state index >= 15 is 0 Å². The van der Waals surface area contributed by atoms with Crippen LogP contribution in [-0.4, -0.2) is 111 Å². The molecule has 1 aliphatic carbocycles. The van der Waals surface area contributed by atoms with Crippen molar-refractivity contribution >= 4 is 45.4 Å². The van der Waals surface area contributed by atoms with Gasteiger partial charge < -0.3 is 40.3 Å². The average Bonchev–Trinajstić information content (AvgIpc) is 4.28. The number of nitrogens with one attached hydrogen (secondary N) is 1. The number of hydrogen-bond acceptors (Lipinski definition) is 18. The first-order chi connectivity index (χ1) is 36.5. The summed E-state index contributed by atoms with van der Waals surface area (Å²) in [5.74, 6) is 1.17. The van der Waals surface area contributed by atoms with Crippen LogP contribution in [0.2, 0.25) is 0 Å². The molecular weight excluding hydrogens is 1000 g/mol. The highest BCUT2D eigenvalue weighted by atomic mass is 32.1. The second-order valence-electron chi connectivity index (χ2n) is 21.8. The van der Waals surface area contributed by atoms with Gasteiger partial charge in [0.1, 0.15) is 28.8 Å². The van der Waals surface area contributed by atoms with E-state index in [2.05, 4.69) is 55.6 Å². The van der Waals surface area contributed by atoms with Crippen LogP contribution in [0.25, 0.3) is 22.0 Å². The lowest BCUT2D eigenvalue weighted by molar-refractivity contribution is -0.143. The fourth-order valence-corrected chi connectivity index (χ4v) is 13.5. The number of ether oxygens (including phenoxy) is 1. The van der Waals surface area contributed by atoms with Gasteiger partial charge in [-0.15, -0.1) is 22.7 Å². The molecule has 2 aliphatic heterocycles. The minimum absolute atomic E-state index is 0.0101. The number of benzene rings is 1. The largest absolute Gasteiger partial charge is 0.475 e. The number of rotatable bonds is 19. The lowest BCUT2D eigenvalue weighted by atomic mass is 9.72. The number of nitrogen functional groups attached to an aromatic ring is 1. The van der Waals surface area contributed by atoms with Crippen LogP contribution in [0, 0.1) is 36.0 Å². The Morgan fingerprint density at radius 3 is 2.61 bits per heavy atom. The van der Waals surface area contributed by atoms with E-state index in [0.29, 0.717) is 52.3 Å². The highest BCUT2D eigenvalue weighted by molar-refractivity contribution is 7.16. The van der Waals surface area contributed by atoms with E-state index in [-0.39, 0.29) is 36.8 Å². The molecule has 5 N–H and O–H groups in total. The monoisotopic (exact) mass is 1070 g/mol. The molecule has 0 bridgehead atoms. The first-order valence-electron chi connectivity index (χ1n) is 26.8. The molecule has 404 valence electrons. The number of hydrogen-bond donors (Lipinski definition) is 4. The van der Waals surface area contributed by atoms with E-state index < -0.39 is 41.7 Å². The number of fused-ring (bicyclic) bond motifs is 1. The third-order valence-electron chi connectivity index (χ3n) is 15.6. The quantitative estimate of drug-likeness (QED) is 0.0555. The number of carbonyl (C=O) groups is 2. The summed E-state index contributed by atoms with van der Waals surface area (Å²) in [4.78, 5) is 53.3. The van der Waals surface area contributed by atoms with Gasteiger partial charge in [0.25, 0.3) is 5.88 Å². The second kappa shape index (κ2) is 23.5. The van der Waals surface area contributed by atoms with Crippen molar-refractivity contribution in [3.63, 3.8) is 0 Å². The zero-order valence-corrected chi connectivity index (χ0v) is 46.2. The van der Waals surface area contributed by atoms with Crippen LogP contribution in [0.15, 0.2) is 52.8 Å². The normalized spacial score (nSPS) is 22.0. The number of thiophene rings is 1. The summed E-state index contributed by atoms with van der Waals surface area (Å²) in [5.41, 5.74) is 12.1.